The van der Waals surface area contributed by atoms with E-state index in [2.05, 4.69) is 16.3 Å². The number of nitrogens with two attached hydrogens (primary N) is 1. The maximum absolute atomic E-state index is 11.0. The maximum atomic E-state index is 11.0. The molecule has 0 bridgehead atoms. The van der Waals surface area contributed by atoms with Crippen molar-refractivity contribution >= 4 is 29.0 Å². The standard InChI is InChI=1S/C15H14N4OS2/c16-13(20)10-22-15-18-17-14(9-12-7-4-8-21-12)19(15)11-5-2-1-3-6-11/h1-8H,9-10H2,(H2,16,20). The van der Waals surface area contributed by atoms with Crippen molar-refractivity contribution in [2.75, 3.05) is 5.75 Å². The van der Waals surface area contributed by atoms with Gasteiger partial charge in [-0.15, -0.1) is 21.5 Å². The van der Waals surface area contributed by atoms with Gasteiger partial charge in [-0.2, -0.15) is 0 Å². The average Bonchev–Trinajstić information content (AvgIpc) is 3.16. The van der Waals surface area contributed by atoms with Crippen molar-refractivity contribution in [3.05, 3.63) is 58.5 Å². The molecular formula is C15H14N4OS2. The van der Waals surface area contributed by atoms with Crippen LogP contribution in [0.5, 0.6) is 0 Å². The van der Waals surface area contributed by atoms with E-state index < -0.39 is 0 Å². The van der Waals surface area contributed by atoms with E-state index in [-0.39, 0.29) is 11.7 Å². The summed E-state index contributed by atoms with van der Waals surface area (Å²) in [5, 5.41) is 11.2. The van der Waals surface area contributed by atoms with Crippen molar-refractivity contribution in [1.82, 2.24) is 14.8 Å². The van der Waals surface area contributed by atoms with Gasteiger partial charge in [-0.05, 0) is 23.6 Å². The van der Waals surface area contributed by atoms with Gasteiger partial charge < -0.3 is 5.73 Å². The van der Waals surface area contributed by atoms with E-state index >= 15 is 0 Å². The third-order valence-electron chi connectivity index (χ3n) is 2.97. The van der Waals surface area contributed by atoms with E-state index in [1.165, 1.54) is 16.6 Å². The van der Waals surface area contributed by atoms with Gasteiger partial charge in [-0.1, -0.05) is 36.0 Å². The summed E-state index contributed by atoms with van der Waals surface area (Å²) in [6.07, 6.45) is 0.705. The number of thiophene rings is 1. The first-order valence-electron chi connectivity index (χ1n) is 6.67. The lowest BCUT2D eigenvalue weighted by Gasteiger charge is -2.09. The van der Waals surface area contributed by atoms with Crippen molar-refractivity contribution in [3.63, 3.8) is 0 Å². The molecule has 0 aliphatic heterocycles. The predicted molar refractivity (Wildman–Crippen MR) is 88.4 cm³/mol. The SMILES string of the molecule is NC(=O)CSc1nnc(Cc2cccs2)n1-c1ccccc1. The molecule has 7 heteroatoms. The van der Waals surface area contributed by atoms with Crippen LogP contribution >= 0.6 is 23.1 Å². The molecule has 2 N–H and O–H groups in total. The van der Waals surface area contributed by atoms with Gasteiger partial charge >= 0.3 is 0 Å². The zero-order valence-corrected chi connectivity index (χ0v) is 13.3. The van der Waals surface area contributed by atoms with Crippen LogP contribution in [0.3, 0.4) is 0 Å². The van der Waals surface area contributed by atoms with Gasteiger partial charge in [0.1, 0.15) is 5.82 Å². The van der Waals surface area contributed by atoms with Gasteiger partial charge in [-0.25, -0.2) is 0 Å². The van der Waals surface area contributed by atoms with E-state index in [0.29, 0.717) is 11.6 Å². The highest BCUT2D eigenvalue weighted by atomic mass is 32.2. The molecule has 0 aliphatic carbocycles. The van der Waals surface area contributed by atoms with Crippen LogP contribution in [0.25, 0.3) is 5.69 Å². The molecule has 2 heterocycles. The van der Waals surface area contributed by atoms with E-state index in [9.17, 15) is 4.79 Å². The third kappa shape index (κ3) is 3.37. The van der Waals surface area contributed by atoms with Crippen molar-refractivity contribution in [2.45, 2.75) is 11.6 Å². The number of para-hydroxylation sites is 1. The molecule has 0 fully saturated rings. The van der Waals surface area contributed by atoms with Crippen LogP contribution < -0.4 is 5.73 Å². The quantitative estimate of drug-likeness (QED) is 0.705. The summed E-state index contributed by atoms with van der Waals surface area (Å²) < 4.78 is 1.98. The van der Waals surface area contributed by atoms with E-state index in [1.54, 1.807) is 11.3 Å². The zero-order chi connectivity index (χ0) is 15.4. The van der Waals surface area contributed by atoms with Crippen LogP contribution in [0.1, 0.15) is 10.7 Å². The second kappa shape index (κ2) is 6.76. The number of aromatic nitrogens is 3. The molecule has 1 aromatic carbocycles. The summed E-state index contributed by atoms with van der Waals surface area (Å²) in [7, 11) is 0. The molecule has 0 aliphatic rings. The Morgan fingerprint density at radius 3 is 2.68 bits per heavy atom. The Morgan fingerprint density at radius 2 is 2.00 bits per heavy atom. The number of hydrogen-bond donors (Lipinski definition) is 1. The van der Waals surface area contributed by atoms with Crippen LogP contribution in [0, 0.1) is 0 Å². The number of amides is 1. The number of carbonyl (C=O) groups is 1. The Morgan fingerprint density at radius 1 is 1.18 bits per heavy atom. The first-order valence-corrected chi connectivity index (χ1v) is 8.54. The fourth-order valence-electron chi connectivity index (χ4n) is 2.05. The van der Waals surface area contributed by atoms with Crippen LogP contribution in [-0.4, -0.2) is 26.4 Å². The number of hydrogen-bond acceptors (Lipinski definition) is 5. The number of carbonyl (C=O) groups excluding carboxylic acids is 1. The minimum atomic E-state index is -0.368. The maximum Gasteiger partial charge on any atom is 0.227 e. The van der Waals surface area contributed by atoms with E-state index in [1.807, 2.05) is 46.3 Å². The Bertz CT molecular complexity index is 753. The van der Waals surface area contributed by atoms with Crippen LogP contribution in [-0.2, 0) is 11.2 Å². The summed E-state index contributed by atoms with van der Waals surface area (Å²) in [4.78, 5) is 12.2. The predicted octanol–water partition coefficient (Wildman–Crippen LogP) is 2.50. The van der Waals surface area contributed by atoms with Crippen LogP contribution in [0.4, 0.5) is 0 Å². The van der Waals surface area contributed by atoms with Gasteiger partial charge in [0.2, 0.25) is 5.91 Å². The second-order valence-electron chi connectivity index (χ2n) is 4.58. The normalized spacial score (nSPS) is 10.7. The Kier molecular flexibility index (Phi) is 4.55. The lowest BCUT2D eigenvalue weighted by Crippen LogP contribution is -2.14. The smallest absolute Gasteiger partial charge is 0.227 e. The summed E-state index contributed by atoms with van der Waals surface area (Å²) in [6, 6.07) is 14.0. The molecule has 2 aromatic heterocycles. The largest absolute Gasteiger partial charge is 0.369 e. The highest BCUT2D eigenvalue weighted by Crippen LogP contribution is 2.24. The fraction of sp³-hybridized carbons (Fsp3) is 0.133. The van der Waals surface area contributed by atoms with E-state index in [0.717, 1.165) is 11.5 Å². The summed E-state index contributed by atoms with van der Waals surface area (Å²) >= 11 is 2.99. The van der Waals surface area contributed by atoms with Crippen LogP contribution in [0.2, 0.25) is 0 Å². The number of primary amides is 1. The zero-order valence-electron chi connectivity index (χ0n) is 11.7. The lowest BCUT2D eigenvalue weighted by atomic mass is 10.3. The minimum Gasteiger partial charge on any atom is -0.369 e. The lowest BCUT2D eigenvalue weighted by molar-refractivity contribution is -0.115. The molecule has 22 heavy (non-hydrogen) atoms. The topological polar surface area (TPSA) is 73.8 Å². The number of benzene rings is 1. The molecule has 3 rings (SSSR count). The first kappa shape index (κ1) is 14.8. The Balaban J connectivity index is 1.97. The molecule has 112 valence electrons. The minimum absolute atomic E-state index is 0.184. The molecule has 0 saturated heterocycles. The van der Waals surface area contributed by atoms with Gasteiger partial charge in [0, 0.05) is 17.0 Å². The molecule has 0 atom stereocenters. The van der Waals surface area contributed by atoms with Crippen molar-refractivity contribution < 1.29 is 4.79 Å². The number of nitrogens with zero attached hydrogens (tertiary/aromatic N) is 3. The summed E-state index contributed by atoms with van der Waals surface area (Å²) in [5.74, 6) is 0.664. The summed E-state index contributed by atoms with van der Waals surface area (Å²) in [5.41, 5.74) is 6.21. The average molecular weight is 330 g/mol. The van der Waals surface area contributed by atoms with Gasteiger partial charge in [0.15, 0.2) is 5.16 Å². The van der Waals surface area contributed by atoms with Crippen molar-refractivity contribution in [2.24, 2.45) is 5.73 Å². The second-order valence-corrected chi connectivity index (χ2v) is 6.56. The van der Waals surface area contributed by atoms with Crippen LogP contribution in [0.15, 0.2) is 53.0 Å². The van der Waals surface area contributed by atoms with Gasteiger partial charge in [-0.3, -0.25) is 9.36 Å². The Hall–Kier alpha value is -2.12. The molecule has 0 radical (unpaired) electrons. The van der Waals surface area contributed by atoms with Crippen molar-refractivity contribution in [3.8, 4) is 5.69 Å². The molecule has 1 amide bonds. The molecule has 3 aromatic rings. The summed E-state index contributed by atoms with van der Waals surface area (Å²) in [6.45, 7) is 0. The molecular weight excluding hydrogens is 316 g/mol. The van der Waals surface area contributed by atoms with Gasteiger partial charge in [0.05, 0.1) is 5.75 Å². The molecule has 0 saturated carbocycles. The monoisotopic (exact) mass is 330 g/mol. The molecule has 0 spiro atoms. The van der Waals surface area contributed by atoms with Crippen molar-refractivity contribution in [1.29, 1.82) is 0 Å². The highest BCUT2D eigenvalue weighted by Gasteiger charge is 2.15. The Labute approximate surface area is 136 Å². The number of rotatable bonds is 6. The number of thioether (sulfide) groups is 1. The highest BCUT2D eigenvalue weighted by molar-refractivity contribution is 7.99. The molecule has 0 unspecified atom stereocenters. The van der Waals surface area contributed by atoms with E-state index in [4.69, 9.17) is 5.73 Å². The fourth-order valence-corrected chi connectivity index (χ4v) is 3.46. The first-order chi connectivity index (χ1) is 10.7. The molecule has 5 nitrogen and oxygen atoms in total. The third-order valence-corrected chi connectivity index (χ3v) is 4.80. The van der Waals surface area contributed by atoms with Gasteiger partial charge in [0.25, 0.3) is 0 Å².